The number of nitrogens with two attached hydrogens (primary N) is 1. The molecule has 0 fully saturated rings. The smallest absolute Gasteiger partial charge is 0.407 e. The lowest BCUT2D eigenvalue weighted by molar-refractivity contribution is 0.0526. The minimum absolute atomic E-state index is 0.0349. The van der Waals surface area contributed by atoms with Crippen molar-refractivity contribution in [1.82, 2.24) is 5.32 Å². The summed E-state index contributed by atoms with van der Waals surface area (Å²) in [6, 6.07) is 21.5. The first-order valence-electron chi connectivity index (χ1n) is 11.4. The Bertz CT molecular complexity index is 1170. The summed E-state index contributed by atoms with van der Waals surface area (Å²) in [5.41, 5.74) is 12.5. The molecule has 1 aliphatic carbocycles. The van der Waals surface area contributed by atoms with Gasteiger partial charge >= 0.3 is 12.1 Å². The molecule has 0 aromatic heterocycles. The standard InChI is InChI=1S/C28H28N2O4/c1-2-33-27(31)20-14-15-26(29)19(17-20)9-7-8-16-30-28(32)34-18-25-23-12-5-3-10-21(23)22-11-4-6-13-24(22)25/h3-7,9-15,17,25H,2,8,16,18,29H2,1H3,(H,30,32). The number of alkyl carbamates (subject to hydrolysis) is 1. The molecule has 3 aromatic rings. The third kappa shape index (κ3) is 5.12. The van der Waals surface area contributed by atoms with Crippen LogP contribution in [0.4, 0.5) is 10.5 Å². The first-order chi connectivity index (χ1) is 16.6. The second-order valence-electron chi connectivity index (χ2n) is 8.01. The number of rotatable bonds is 8. The lowest BCUT2D eigenvalue weighted by Crippen LogP contribution is -2.26. The van der Waals surface area contributed by atoms with Gasteiger partial charge in [-0.15, -0.1) is 0 Å². The molecule has 3 N–H and O–H groups in total. The molecule has 1 aliphatic rings. The Morgan fingerprint density at radius 1 is 0.971 bits per heavy atom. The molecule has 3 aromatic carbocycles. The van der Waals surface area contributed by atoms with Gasteiger partial charge in [0, 0.05) is 18.2 Å². The van der Waals surface area contributed by atoms with Gasteiger partial charge in [0.05, 0.1) is 12.2 Å². The van der Waals surface area contributed by atoms with Crippen molar-refractivity contribution in [2.45, 2.75) is 19.3 Å². The van der Waals surface area contributed by atoms with Crippen molar-refractivity contribution in [3.05, 3.63) is 95.1 Å². The quantitative estimate of drug-likeness (QED) is 0.270. The number of hydrogen-bond donors (Lipinski definition) is 2. The van der Waals surface area contributed by atoms with Gasteiger partial charge in [0.1, 0.15) is 6.61 Å². The van der Waals surface area contributed by atoms with Crippen LogP contribution in [-0.4, -0.2) is 31.8 Å². The summed E-state index contributed by atoms with van der Waals surface area (Å²) in [4.78, 5) is 24.2. The Morgan fingerprint density at radius 2 is 1.65 bits per heavy atom. The highest BCUT2D eigenvalue weighted by Crippen LogP contribution is 2.44. The number of nitrogen functional groups attached to an aromatic ring is 1. The summed E-state index contributed by atoms with van der Waals surface area (Å²) in [5.74, 6) is -0.346. The molecule has 4 rings (SSSR count). The van der Waals surface area contributed by atoms with Gasteiger partial charge in [-0.05, 0) is 59.4 Å². The number of benzene rings is 3. The zero-order valence-corrected chi connectivity index (χ0v) is 19.1. The minimum Gasteiger partial charge on any atom is -0.462 e. The first-order valence-corrected chi connectivity index (χ1v) is 11.4. The van der Waals surface area contributed by atoms with Crippen molar-refractivity contribution in [3.8, 4) is 11.1 Å². The van der Waals surface area contributed by atoms with E-state index in [2.05, 4.69) is 29.6 Å². The summed E-state index contributed by atoms with van der Waals surface area (Å²) >= 11 is 0. The molecule has 0 aliphatic heterocycles. The Kier molecular flexibility index (Phi) is 7.28. The first kappa shape index (κ1) is 23.1. The van der Waals surface area contributed by atoms with Gasteiger partial charge in [-0.25, -0.2) is 9.59 Å². The van der Waals surface area contributed by atoms with E-state index in [4.69, 9.17) is 15.2 Å². The van der Waals surface area contributed by atoms with Gasteiger partial charge in [-0.3, -0.25) is 0 Å². The largest absolute Gasteiger partial charge is 0.462 e. The van der Waals surface area contributed by atoms with Crippen molar-refractivity contribution in [2.24, 2.45) is 0 Å². The highest BCUT2D eigenvalue weighted by molar-refractivity contribution is 5.91. The van der Waals surface area contributed by atoms with Crippen molar-refractivity contribution in [2.75, 3.05) is 25.5 Å². The molecule has 1 amide bonds. The van der Waals surface area contributed by atoms with Gasteiger partial charge in [-0.2, -0.15) is 0 Å². The lowest BCUT2D eigenvalue weighted by Gasteiger charge is -2.14. The summed E-state index contributed by atoms with van der Waals surface area (Å²) in [7, 11) is 0. The third-order valence-electron chi connectivity index (χ3n) is 5.82. The third-order valence-corrected chi connectivity index (χ3v) is 5.82. The highest BCUT2D eigenvalue weighted by atomic mass is 16.5. The Balaban J connectivity index is 1.27. The maximum Gasteiger partial charge on any atom is 0.407 e. The van der Waals surface area contributed by atoms with Crippen molar-refractivity contribution in [3.63, 3.8) is 0 Å². The van der Waals surface area contributed by atoms with Gasteiger partial charge < -0.3 is 20.5 Å². The minimum atomic E-state index is -0.445. The van der Waals surface area contributed by atoms with Crippen LogP contribution < -0.4 is 11.1 Å². The number of carbonyl (C=O) groups is 2. The van der Waals surface area contributed by atoms with Crippen LogP contribution in [-0.2, 0) is 9.47 Å². The molecule has 0 saturated carbocycles. The van der Waals surface area contributed by atoms with E-state index in [1.807, 2.05) is 36.4 Å². The molecule has 0 atom stereocenters. The average Bonchev–Trinajstić information content (AvgIpc) is 3.17. The van der Waals surface area contributed by atoms with Crippen LogP contribution in [0.5, 0.6) is 0 Å². The normalized spacial score (nSPS) is 12.3. The number of esters is 1. The molecular weight excluding hydrogens is 428 g/mol. The predicted molar refractivity (Wildman–Crippen MR) is 134 cm³/mol. The van der Waals surface area contributed by atoms with Crippen LogP contribution in [0, 0.1) is 0 Å². The Morgan fingerprint density at radius 3 is 2.32 bits per heavy atom. The van der Waals surface area contributed by atoms with Crippen LogP contribution in [0.15, 0.2) is 72.8 Å². The molecule has 0 unspecified atom stereocenters. The number of carbonyl (C=O) groups excluding carboxylic acids is 2. The Labute approximate surface area is 199 Å². The number of fused-ring (bicyclic) bond motifs is 3. The maximum absolute atomic E-state index is 12.3. The second-order valence-corrected chi connectivity index (χ2v) is 8.01. The van der Waals surface area contributed by atoms with Gasteiger partial charge in [-0.1, -0.05) is 60.7 Å². The predicted octanol–water partition coefficient (Wildman–Crippen LogP) is 5.39. The average molecular weight is 457 g/mol. The molecule has 174 valence electrons. The van der Waals surface area contributed by atoms with Crippen LogP contribution in [0.2, 0.25) is 0 Å². The fraction of sp³-hybridized carbons (Fsp3) is 0.214. The molecule has 0 radical (unpaired) electrons. The number of anilines is 1. The SMILES string of the molecule is CCOC(=O)c1ccc(N)c(C=CCCNC(=O)OCC2c3ccccc3-c3ccccc32)c1. The van der Waals surface area contributed by atoms with Crippen molar-refractivity contribution in [1.29, 1.82) is 0 Å². The van der Waals surface area contributed by atoms with Crippen molar-refractivity contribution >= 4 is 23.8 Å². The fourth-order valence-corrected chi connectivity index (χ4v) is 4.18. The second kappa shape index (κ2) is 10.7. The monoisotopic (exact) mass is 456 g/mol. The number of hydrogen-bond acceptors (Lipinski definition) is 5. The van der Waals surface area contributed by atoms with E-state index in [0.717, 1.165) is 5.56 Å². The van der Waals surface area contributed by atoms with E-state index in [1.54, 1.807) is 25.1 Å². The van der Waals surface area contributed by atoms with E-state index in [1.165, 1.54) is 22.3 Å². The van der Waals surface area contributed by atoms with E-state index < -0.39 is 6.09 Å². The summed E-state index contributed by atoms with van der Waals surface area (Å²) in [5, 5.41) is 2.78. The topological polar surface area (TPSA) is 90.6 Å². The zero-order chi connectivity index (χ0) is 23.9. The van der Waals surface area contributed by atoms with E-state index in [-0.39, 0.29) is 18.5 Å². The van der Waals surface area contributed by atoms with Crippen LogP contribution in [0.25, 0.3) is 17.2 Å². The molecule has 0 heterocycles. The molecule has 6 nitrogen and oxygen atoms in total. The van der Waals surface area contributed by atoms with Crippen molar-refractivity contribution < 1.29 is 19.1 Å². The van der Waals surface area contributed by atoms with E-state index >= 15 is 0 Å². The lowest BCUT2D eigenvalue weighted by atomic mass is 9.98. The fourth-order valence-electron chi connectivity index (χ4n) is 4.18. The van der Waals surface area contributed by atoms with Crippen LogP contribution in [0.3, 0.4) is 0 Å². The van der Waals surface area contributed by atoms with Gasteiger partial charge in [0.25, 0.3) is 0 Å². The summed E-state index contributed by atoms with van der Waals surface area (Å²) < 4.78 is 10.6. The molecular formula is C28H28N2O4. The zero-order valence-electron chi connectivity index (χ0n) is 19.1. The number of ether oxygens (including phenoxy) is 2. The maximum atomic E-state index is 12.3. The molecule has 0 saturated heterocycles. The van der Waals surface area contributed by atoms with Crippen LogP contribution in [0.1, 0.15) is 46.3 Å². The van der Waals surface area contributed by atoms with Gasteiger partial charge in [0.2, 0.25) is 0 Å². The molecule has 0 bridgehead atoms. The molecule has 34 heavy (non-hydrogen) atoms. The summed E-state index contributed by atoms with van der Waals surface area (Å²) in [6.45, 7) is 2.78. The summed E-state index contributed by atoms with van der Waals surface area (Å²) in [6.07, 6.45) is 3.87. The van der Waals surface area contributed by atoms with E-state index in [9.17, 15) is 9.59 Å². The number of nitrogens with one attached hydrogen (secondary N) is 1. The van der Waals surface area contributed by atoms with Crippen LogP contribution >= 0.6 is 0 Å². The van der Waals surface area contributed by atoms with E-state index in [0.29, 0.717) is 30.8 Å². The molecule has 6 heteroatoms. The number of amides is 1. The highest BCUT2D eigenvalue weighted by Gasteiger charge is 2.28. The Hall–Kier alpha value is -4.06. The molecule has 0 spiro atoms. The van der Waals surface area contributed by atoms with Gasteiger partial charge in [0.15, 0.2) is 0 Å².